The fourth-order valence-corrected chi connectivity index (χ4v) is 1.90. The van der Waals surface area contributed by atoms with Gasteiger partial charge in [-0.3, -0.25) is 4.79 Å². The molecule has 0 saturated heterocycles. The minimum Gasteiger partial charge on any atom is -0.307 e. The van der Waals surface area contributed by atoms with Crippen LogP contribution in [0.2, 0.25) is 0 Å². The van der Waals surface area contributed by atoms with Gasteiger partial charge in [-0.05, 0) is 12.0 Å². The van der Waals surface area contributed by atoms with Crippen LogP contribution in [-0.4, -0.2) is 21.3 Å². The van der Waals surface area contributed by atoms with E-state index in [2.05, 4.69) is 27.7 Å². The predicted octanol–water partition coefficient (Wildman–Crippen LogP) is 2.33. The summed E-state index contributed by atoms with van der Waals surface area (Å²) < 4.78 is 0. The van der Waals surface area contributed by atoms with E-state index in [0.717, 1.165) is 18.4 Å². The van der Waals surface area contributed by atoms with Crippen LogP contribution in [0.5, 0.6) is 0 Å². The number of carbonyl (C=O) groups is 1. The molecule has 1 aromatic carbocycles. The first-order valence-corrected chi connectivity index (χ1v) is 6.03. The van der Waals surface area contributed by atoms with Crippen LogP contribution in [0.4, 0.5) is 5.82 Å². The molecule has 5 heteroatoms. The lowest BCUT2D eigenvalue weighted by molar-refractivity contribution is -0.117. The molecule has 0 aliphatic carbocycles. The van der Waals surface area contributed by atoms with Crippen molar-refractivity contribution < 1.29 is 4.79 Å². The van der Waals surface area contributed by atoms with E-state index in [-0.39, 0.29) is 11.8 Å². The van der Waals surface area contributed by atoms with Crippen LogP contribution in [0.3, 0.4) is 0 Å². The van der Waals surface area contributed by atoms with E-state index in [0.29, 0.717) is 5.82 Å². The van der Waals surface area contributed by atoms with Crippen LogP contribution < -0.4 is 5.32 Å². The third kappa shape index (κ3) is 2.94. The highest BCUT2D eigenvalue weighted by atomic mass is 16.2. The van der Waals surface area contributed by atoms with Crippen LogP contribution in [0, 0.1) is 0 Å². The molecule has 1 aromatic heterocycles. The number of amides is 1. The van der Waals surface area contributed by atoms with Gasteiger partial charge in [-0.25, -0.2) is 0 Å². The van der Waals surface area contributed by atoms with Crippen LogP contribution in [0.15, 0.2) is 36.5 Å². The van der Waals surface area contributed by atoms with Crippen molar-refractivity contribution in [2.24, 2.45) is 0 Å². The number of hydrogen-bond acceptors (Lipinski definition) is 3. The lowest BCUT2D eigenvalue weighted by Gasteiger charge is -2.15. The maximum absolute atomic E-state index is 12.2. The van der Waals surface area contributed by atoms with E-state index in [1.54, 1.807) is 0 Å². The Balaban J connectivity index is 2.12. The van der Waals surface area contributed by atoms with E-state index >= 15 is 0 Å². The lowest BCUT2D eigenvalue weighted by Crippen LogP contribution is -2.21. The molecule has 0 bridgehead atoms. The Bertz CT molecular complexity index is 481. The van der Waals surface area contributed by atoms with Crippen molar-refractivity contribution in [3.05, 3.63) is 42.1 Å². The van der Waals surface area contributed by atoms with Gasteiger partial charge in [0.2, 0.25) is 5.91 Å². The Kier molecular flexibility index (Phi) is 4.06. The molecule has 1 amide bonds. The molecule has 0 fully saturated rings. The van der Waals surface area contributed by atoms with Crippen LogP contribution in [-0.2, 0) is 4.79 Å². The van der Waals surface area contributed by atoms with Crippen molar-refractivity contribution in [2.75, 3.05) is 5.32 Å². The summed E-state index contributed by atoms with van der Waals surface area (Å²) in [4.78, 5) is 12.2. The molecule has 0 radical (unpaired) electrons. The largest absolute Gasteiger partial charge is 0.307 e. The molecule has 94 valence electrons. The zero-order valence-corrected chi connectivity index (χ0v) is 10.3. The zero-order valence-electron chi connectivity index (χ0n) is 10.3. The first kappa shape index (κ1) is 12.3. The van der Waals surface area contributed by atoms with Gasteiger partial charge in [0.15, 0.2) is 5.82 Å². The molecule has 1 heterocycles. The van der Waals surface area contributed by atoms with Gasteiger partial charge < -0.3 is 5.32 Å². The average molecular weight is 244 g/mol. The second-order valence-electron chi connectivity index (χ2n) is 4.10. The minimum absolute atomic E-state index is 0.0445. The lowest BCUT2D eigenvalue weighted by atomic mass is 9.94. The maximum Gasteiger partial charge on any atom is 0.233 e. The summed E-state index contributed by atoms with van der Waals surface area (Å²) in [5, 5.41) is 12.7. The summed E-state index contributed by atoms with van der Waals surface area (Å²) in [5.41, 5.74) is 1.03. The van der Waals surface area contributed by atoms with Crippen molar-refractivity contribution in [3.63, 3.8) is 0 Å². The second kappa shape index (κ2) is 5.95. The van der Waals surface area contributed by atoms with E-state index in [1.165, 1.54) is 6.20 Å². The Hall–Kier alpha value is -2.17. The van der Waals surface area contributed by atoms with E-state index < -0.39 is 0 Å². The number of rotatable bonds is 5. The topological polar surface area (TPSA) is 70.7 Å². The van der Waals surface area contributed by atoms with Gasteiger partial charge >= 0.3 is 0 Å². The van der Waals surface area contributed by atoms with Crippen LogP contribution >= 0.6 is 0 Å². The highest BCUT2D eigenvalue weighted by Crippen LogP contribution is 2.22. The normalized spacial score (nSPS) is 12.1. The predicted molar refractivity (Wildman–Crippen MR) is 69.1 cm³/mol. The number of anilines is 1. The van der Waals surface area contributed by atoms with Crippen LogP contribution in [0.25, 0.3) is 0 Å². The highest BCUT2D eigenvalue weighted by Gasteiger charge is 2.20. The molecule has 0 saturated carbocycles. The third-order valence-corrected chi connectivity index (χ3v) is 2.76. The quantitative estimate of drug-likeness (QED) is 0.848. The summed E-state index contributed by atoms with van der Waals surface area (Å²) in [6.45, 7) is 2.07. The molecule has 0 aliphatic heterocycles. The number of hydrogen-bond donors (Lipinski definition) is 2. The number of nitrogens with zero attached hydrogens (tertiary/aromatic N) is 2. The van der Waals surface area contributed by atoms with Gasteiger partial charge in [-0.2, -0.15) is 10.3 Å². The number of nitrogens with one attached hydrogen (secondary N) is 2. The first-order chi connectivity index (χ1) is 8.81. The molecule has 2 rings (SSSR count). The summed E-state index contributed by atoms with van der Waals surface area (Å²) in [6, 6.07) is 9.79. The van der Waals surface area contributed by atoms with Crippen molar-refractivity contribution in [1.82, 2.24) is 15.4 Å². The maximum atomic E-state index is 12.2. The molecule has 5 nitrogen and oxygen atoms in total. The first-order valence-electron chi connectivity index (χ1n) is 6.03. The average Bonchev–Trinajstić information content (AvgIpc) is 2.89. The smallest absolute Gasteiger partial charge is 0.233 e. The molecule has 18 heavy (non-hydrogen) atoms. The van der Waals surface area contributed by atoms with Gasteiger partial charge in [0.1, 0.15) is 0 Å². The second-order valence-corrected chi connectivity index (χ2v) is 4.10. The molecule has 2 N–H and O–H groups in total. The van der Waals surface area contributed by atoms with Gasteiger partial charge in [-0.1, -0.05) is 43.7 Å². The fourth-order valence-electron chi connectivity index (χ4n) is 1.90. The Morgan fingerprint density at radius 1 is 1.39 bits per heavy atom. The fraction of sp³-hybridized carbons (Fsp3) is 0.308. The minimum atomic E-state index is -0.145. The molecule has 2 aromatic rings. The van der Waals surface area contributed by atoms with E-state index in [1.807, 2.05) is 30.3 Å². The molecular weight excluding hydrogens is 228 g/mol. The van der Waals surface area contributed by atoms with Gasteiger partial charge in [0, 0.05) is 0 Å². The van der Waals surface area contributed by atoms with Crippen LogP contribution in [0.1, 0.15) is 31.2 Å². The summed E-state index contributed by atoms with van der Waals surface area (Å²) >= 11 is 0. The van der Waals surface area contributed by atoms with Crippen molar-refractivity contribution in [3.8, 4) is 0 Å². The molecular formula is C13H16N4O. The van der Waals surface area contributed by atoms with Crippen molar-refractivity contribution in [2.45, 2.75) is 25.7 Å². The zero-order chi connectivity index (χ0) is 12.8. The number of benzene rings is 1. The number of H-pyrrole nitrogens is 1. The molecule has 0 spiro atoms. The van der Waals surface area contributed by atoms with Crippen molar-refractivity contribution in [1.29, 1.82) is 0 Å². The number of carbonyl (C=O) groups excluding carboxylic acids is 1. The summed E-state index contributed by atoms with van der Waals surface area (Å²) in [7, 11) is 0. The van der Waals surface area contributed by atoms with E-state index in [4.69, 9.17) is 0 Å². The standard InChI is InChI=1S/C13H16N4O/c1-2-6-11(10-7-4-3-5-8-10)13(18)15-12-9-14-17-16-12/h3-5,7-9,11H,2,6H2,1H3,(H2,14,15,16,17,18). The summed E-state index contributed by atoms with van der Waals surface area (Å²) in [6.07, 6.45) is 3.26. The highest BCUT2D eigenvalue weighted by molar-refractivity contribution is 5.94. The SMILES string of the molecule is CCCC(C(=O)Nc1cn[nH]n1)c1ccccc1. The third-order valence-electron chi connectivity index (χ3n) is 2.76. The van der Waals surface area contributed by atoms with Crippen molar-refractivity contribution >= 4 is 11.7 Å². The summed E-state index contributed by atoms with van der Waals surface area (Å²) in [5.74, 6) is 0.266. The van der Waals surface area contributed by atoms with Gasteiger partial charge in [0.25, 0.3) is 0 Å². The monoisotopic (exact) mass is 244 g/mol. The van der Waals surface area contributed by atoms with E-state index in [9.17, 15) is 4.79 Å². The Morgan fingerprint density at radius 2 is 2.17 bits per heavy atom. The van der Waals surface area contributed by atoms with Gasteiger partial charge in [0.05, 0.1) is 12.1 Å². The Labute approximate surface area is 106 Å². The molecule has 0 aliphatic rings. The van der Waals surface area contributed by atoms with Gasteiger partial charge in [-0.15, -0.1) is 5.10 Å². The molecule has 1 atom stereocenters. The number of aromatic amines is 1. The molecule has 1 unspecified atom stereocenters. The number of aromatic nitrogens is 3. The Morgan fingerprint density at radius 3 is 2.78 bits per heavy atom.